The molecule has 0 aliphatic heterocycles. The van der Waals surface area contributed by atoms with Crippen LogP contribution < -0.4 is 14.8 Å². The van der Waals surface area contributed by atoms with Crippen molar-refractivity contribution in [2.75, 3.05) is 13.7 Å². The van der Waals surface area contributed by atoms with E-state index in [0.717, 1.165) is 31.1 Å². The fourth-order valence-electron chi connectivity index (χ4n) is 2.15. The number of ether oxygens (including phenoxy) is 2. The van der Waals surface area contributed by atoms with Crippen molar-refractivity contribution in [2.24, 2.45) is 0 Å². The standard InChI is InChI=1S/C18H31NO2/c1-5-6-7-8-9-12-21-18-13-16(14-19-15(2)3)10-11-17(18)20-4/h10-11,13,15,19H,5-9,12,14H2,1-4H3. The van der Waals surface area contributed by atoms with Crippen molar-refractivity contribution in [3.05, 3.63) is 23.8 Å². The van der Waals surface area contributed by atoms with Crippen LogP contribution in [0.2, 0.25) is 0 Å². The highest BCUT2D eigenvalue weighted by Crippen LogP contribution is 2.28. The number of hydrogen-bond acceptors (Lipinski definition) is 3. The zero-order valence-corrected chi connectivity index (χ0v) is 14.1. The molecule has 0 saturated heterocycles. The van der Waals surface area contributed by atoms with Gasteiger partial charge in [-0.1, -0.05) is 52.5 Å². The maximum Gasteiger partial charge on any atom is 0.161 e. The molecule has 120 valence electrons. The molecule has 0 aromatic heterocycles. The minimum Gasteiger partial charge on any atom is -0.493 e. The third-order valence-corrected chi connectivity index (χ3v) is 3.45. The van der Waals surface area contributed by atoms with Gasteiger partial charge in [0.1, 0.15) is 0 Å². The fraction of sp³-hybridized carbons (Fsp3) is 0.667. The van der Waals surface area contributed by atoms with Gasteiger partial charge >= 0.3 is 0 Å². The summed E-state index contributed by atoms with van der Waals surface area (Å²) in [6, 6.07) is 6.64. The first kappa shape index (κ1) is 17.8. The van der Waals surface area contributed by atoms with Crippen LogP contribution in [0.25, 0.3) is 0 Å². The van der Waals surface area contributed by atoms with Crippen molar-refractivity contribution in [3.63, 3.8) is 0 Å². The van der Waals surface area contributed by atoms with Crippen LogP contribution in [0, 0.1) is 0 Å². The molecule has 3 nitrogen and oxygen atoms in total. The molecule has 0 saturated carbocycles. The number of rotatable bonds is 11. The highest BCUT2D eigenvalue weighted by Gasteiger charge is 2.06. The summed E-state index contributed by atoms with van der Waals surface area (Å²) in [5.41, 5.74) is 1.23. The second-order valence-electron chi connectivity index (χ2n) is 5.78. The summed E-state index contributed by atoms with van der Waals surface area (Å²) in [4.78, 5) is 0. The Hall–Kier alpha value is -1.22. The first-order chi connectivity index (χ1) is 10.2. The normalized spacial score (nSPS) is 10.9. The van der Waals surface area contributed by atoms with Gasteiger partial charge in [-0.25, -0.2) is 0 Å². The summed E-state index contributed by atoms with van der Waals surface area (Å²) in [6.45, 7) is 8.15. The zero-order valence-electron chi connectivity index (χ0n) is 14.1. The van der Waals surface area contributed by atoms with Crippen LogP contribution in [0.15, 0.2) is 18.2 Å². The van der Waals surface area contributed by atoms with Crippen LogP contribution in [0.1, 0.15) is 58.4 Å². The highest BCUT2D eigenvalue weighted by atomic mass is 16.5. The van der Waals surface area contributed by atoms with Crippen molar-refractivity contribution in [2.45, 2.75) is 65.5 Å². The van der Waals surface area contributed by atoms with E-state index in [1.807, 2.05) is 6.07 Å². The van der Waals surface area contributed by atoms with Crippen molar-refractivity contribution < 1.29 is 9.47 Å². The second kappa shape index (κ2) is 10.5. The second-order valence-corrected chi connectivity index (χ2v) is 5.78. The molecule has 0 spiro atoms. The average Bonchev–Trinajstić information content (AvgIpc) is 2.48. The van der Waals surface area contributed by atoms with Gasteiger partial charge in [-0.15, -0.1) is 0 Å². The quantitative estimate of drug-likeness (QED) is 0.607. The molecule has 1 aromatic carbocycles. The largest absolute Gasteiger partial charge is 0.493 e. The van der Waals surface area contributed by atoms with Gasteiger partial charge in [-0.3, -0.25) is 0 Å². The van der Waals surface area contributed by atoms with Crippen molar-refractivity contribution in [1.82, 2.24) is 5.32 Å². The zero-order chi connectivity index (χ0) is 15.5. The van der Waals surface area contributed by atoms with Gasteiger partial charge in [0.15, 0.2) is 11.5 Å². The molecular formula is C18H31NO2. The van der Waals surface area contributed by atoms with Gasteiger partial charge in [0.25, 0.3) is 0 Å². The van der Waals surface area contributed by atoms with Gasteiger partial charge in [0.05, 0.1) is 13.7 Å². The van der Waals surface area contributed by atoms with E-state index in [1.165, 1.54) is 31.2 Å². The van der Waals surface area contributed by atoms with Crippen molar-refractivity contribution >= 4 is 0 Å². The molecule has 0 heterocycles. The van der Waals surface area contributed by atoms with E-state index in [0.29, 0.717) is 6.04 Å². The average molecular weight is 293 g/mol. The topological polar surface area (TPSA) is 30.5 Å². The summed E-state index contributed by atoms with van der Waals surface area (Å²) >= 11 is 0. The van der Waals surface area contributed by atoms with Crippen LogP contribution in [-0.4, -0.2) is 19.8 Å². The van der Waals surface area contributed by atoms with E-state index in [1.54, 1.807) is 7.11 Å². The van der Waals surface area contributed by atoms with E-state index in [-0.39, 0.29) is 0 Å². The SMILES string of the molecule is CCCCCCCOc1cc(CNC(C)C)ccc1OC. The van der Waals surface area contributed by atoms with E-state index in [9.17, 15) is 0 Å². The summed E-state index contributed by atoms with van der Waals surface area (Å²) in [5, 5.41) is 3.42. The van der Waals surface area contributed by atoms with Gasteiger partial charge in [-0.05, 0) is 24.1 Å². The van der Waals surface area contributed by atoms with Crippen molar-refractivity contribution in [3.8, 4) is 11.5 Å². The Morgan fingerprint density at radius 2 is 1.81 bits per heavy atom. The molecule has 21 heavy (non-hydrogen) atoms. The van der Waals surface area contributed by atoms with Crippen LogP contribution in [0.3, 0.4) is 0 Å². The Labute approximate surface area is 130 Å². The molecule has 0 atom stereocenters. The molecule has 0 radical (unpaired) electrons. The maximum atomic E-state index is 5.90. The lowest BCUT2D eigenvalue weighted by molar-refractivity contribution is 0.284. The Morgan fingerprint density at radius 3 is 2.48 bits per heavy atom. The number of unbranched alkanes of at least 4 members (excludes halogenated alkanes) is 4. The third kappa shape index (κ3) is 7.37. The summed E-state index contributed by atoms with van der Waals surface area (Å²) in [7, 11) is 1.69. The molecule has 1 aromatic rings. The van der Waals surface area contributed by atoms with E-state index in [2.05, 4.69) is 38.2 Å². The molecule has 3 heteroatoms. The molecular weight excluding hydrogens is 262 g/mol. The summed E-state index contributed by atoms with van der Waals surface area (Å²) < 4.78 is 11.3. The smallest absolute Gasteiger partial charge is 0.161 e. The van der Waals surface area contributed by atoms with Crippen molar-refractivity contribution in [1.29, 1.82) is 0 Å². The summed E-state index contributed by atoms with van der Waals surface area (Å²) in [6.07, 6.45) is 6.25. The van der Waals surface area contributed by atoms with Crippen LogP contribution in [0.4, 0.5) is 0 Å². The lowest BCUT2D eigenvalue weighted by atomic mass is 10.1. The first-order valence-corrected chi connectivity index (χ1v) is 8.20. The highest BCUT2D eigenvalue weighted by molar-refractivity contribution is 5.42. The van der Waals surface area contributed by atoms with Gasteiger partial charge in [-0.2, -0.15) is 0 Å². The number of methoxy groups -OCH3 is 1. The molecule has 0 unspecified atom stereocenters. The minimum absolute atomic E-state index is 0.482. The number of nitrogens with one attached hydrogen (secondary N) is 1. The van der Waals surface area contributed by atoms with E-state index in [4.69, 9.17) is 9.47 Å². The van der Waals surface area contributed by atoms with Crippen LogP contribution in [0.5, 0.6) is 11.5 Å². The van der Waals surface area contributed by atoms with E-state index < -0.39 is 0 Å². The minimum atomic E-state index is 0.482. The van der Waals surface area contributed by atoms with Gasteiger partial charge < -0.3 is 14.8 Å². The van der Waals surface area contributed by atoms with E-state index >= 15 is 0 Å². The maximum absolute atomic E-state index is 5.90. The monoisotopic (exact) mass is 293 g/mol. The Morgan fingerprint density at radius 1 is 1.05 bits per heavy atom. The Kier molecular flexibility index (Phi) is 8.91. The predicted octanol–water partition coefficient (Wildman–Crippen LogP) is 4.54. The molecule has 0 amide bonds. The molecule has 0 bridgehead atoms. The molecule has 0 fully saturated rings. The van der Waals surface area contributed by atoms with Gasteiger partial charge in [0.2, 0.25) is 0 Å². The first-order valence-electron chi connectivity index (χ1n) is 8.20. The van der Waals surface area contributed by atoms with Crippen LogP contribution in [-0.2, 0) is 6.54 Å². The number of hydrogen-bond donors (Lipinski definition) is 1. The molecule has 0 aliphatic carbocycles. The third-order valence-electron chi connectivity index (χ3n) is 3.45. The molecule has 0 aliphatic rings. The Bertz CT molecular complexity index is 391. The lowest BCUT2D eigenvalue weighted by Crippen LogP contribution is -2.21. The summed E-state index contributed by atoms with van der Waals surface area (Å²) in [5.74, 6) is 1.67. The molecule has 1 N–H and O–H groups in total. The van der Waals surface area contributed by atoms with Gasteiger partial charge in [0, 0.05) is 12.6 Å². The van der Waals surface area contributed by atoms with Crippen LogP contribution >= 0.6 is 0 Å². The number of benzene rings is 1. The Balaban J connectivity index is 2.47. The lowest BCUT2D eigenvalue weighted by Gasteiger charge is -2.13. The fourth-order valence-corrected chi connectivity index (χ4v) is 2.15. The molecule has 1 rings (SSSR count). The predicted molar refractivity (Wildman–Crippen MR) is 89.2 cm³/mol.